The molecule has 2 heteroatoms. The van der Waals surface area contributed by atoms with E-state index in [-0.39, 0.29) is 0 Å². The van der Waals surface area contributed by atoms with Crippen LogP contribution in [0.25, 0.3) is 0 Å². The molecule has 1 saturated heterocycles. The van der Waals surface area contributed by atoms with Gasteiger partial charge in [0.2, 0.25) is 0 Å². The molecule has 100 valence electrons. The first-order chi connectivity index (χ1) is 8.72. The summed E-state index contributed by atoms with van der Waals surface area (Å²) in [4.78, 5) is 0. The summed E-state index contributed by atoms with van der Waals surface area (Å²) in [5, 5.41) is 3.54. The van der Waals surface area contributed by atoms with Crippen LogP contribution in [-0.4, -0.2) is 26.8 Å². The van der Waals surface area contributed by atoms with Crippen molar-refractivity contribution in [2.75, 3.05) is 26.8 Å². The van der Waals surface area contributed by atoms with Crippen LogP contribution in [-0.2, 0) is 4.74 Å². The van der Waals surface area contributed by atoms with E-state index in [0.29, 0.717) is 11.3 Å². The van der Waals surface area contributed by atoms with Crippen molar-refractivity contribution < 1.29 is 4.74 Å². The van der Waals surface area contributed by atoms with Gasteiger partial charge in [-0.1, -0.05) is 36.8 Å². The lowest BCUT2D eigenvalue weighted by Crippen LogP contribution is -2.45. The molecule has 0 radical (unpaired) electrons. The fourth-order valence-corrected chi connectivity index (χ4v) is 3.32. The molecule has 18 heavy (non-hydrogen) atoms. The molecule has 2 nitrogen and oxygen atoms in total. The summed E-state index contributed by atoms with van der Waals surface area (Å²) in [5.41, 5.74) is 3.11. The van der Waals surface area contributed by atoms with Crippen molar-refractivity contribution in [3.63, 3.8) is 0 Å². The van der Waals surface area contributed by atoms with Crippen LogP contribution in [0.5, 0.6) is 0 Å². The van der Waals surface area contributed by atoms with E-state index in [2.05, 4.69) is 43.4 Å². The molecule has 1 aliphatic heterocycles. The highest BCUT2D eigenvalue weighted by Gasteiger charge is 2.40. The molecule has 0 bridgehead atoms. The number of hydrogen-bond acceptors (Lipinski definition) is 2. The summed E-state index contributed by atoms with van der Waals surface area (Å²) in [5.74, 6) is 0.566. The fraction of sp³-hybridized carbons (Fsp3) is 0.625. The molecular weight excluding hydrogens is 222 g/mol. The summed E-state index contributed by atoms with van der Waals surface area (Å²) >= 11 is 0. The molecule has 1 heterocycles. The smallest absolute Gasteiger partial charge is 0.0525 e. The standard InChI is InChI=1S/C16H25NO/c1-4-16(12-18-3)8-9-17-11-15(16)14-7-5-6-13(2)10-14/h5-7,10,15,17H,4,8-9,11-12H2,1-3H3. The predicted octanol–water partition coefficient (Wildman–Crippen LogP) is 3.11. The monoisotopic (exact) mass is 247 g/mol. The first-order valence-corrected chi connectivity index (χ1v) is 6.98. The number of nitrogens with one attached hydrogen (secondary N) is 1. The van der Waals surface area contributed by atoms with Gasteiger partial charge in [0.05, 0.1) is 6.61 Å². The van der Waals surface area contributed by atoms with Gasteiger partial charge in [-0.15, -0.1) is 0 Å². The lowest BCUT2D eigenvalue weighted by molar-refractivity contribution is 0.0332. The number of piperidine rings is 1. The van der Waals surface area contributed by atoms with Gasteiger partial charge in [0.25, 0.3) is 0 Å². The van der Waals surface area contributed by atoms with E-state index in [9.17, 15) is 0 Å². The molecule has 1 N–H and O–H groups in total. The number of benzene rings is 1. The summed E-state index contributed by atoms with van der Waals surface area (Å²) in [6, 6.07) is 8.94. The third-order valence-corrected chi connectivity index (χ3v) is 4.47. The Morgan fingerprint density at radius 3 is 2.94 bits per heavy atom. The molecule has 0 amide bonds. The predicted molar refractivity (Wildman–Crippen MR) is 76.0 cm³/mol. The van der Waals surface area contributed by atoms with Crippen molar-refractivity contribution in [2.24, 2.45) is 5.41 Å². The van der Waals surface area contributed by atoms with Crippen LogP contribution in [0.4, 0.5) is 0 Å². The summed E-state index contributed by atoms with van der Waals surface area (Å²) in [6.45, 7) is 7.51. The summed E-state index contributed by atoms with van der Waals surface area (Å²) < 4.78 is 5.53. The molecule has 0 aromatic heterocycles. The minimum absolute atomic E-state index is 0.299. The van der Waals surface area contributed by atoms with Gasteiger partial charge in [-0.05, 0) is 31.9 Å². The maximum Gasteiger partial charge on any atom is 0.0525 e. The summed E-state index contributed by atoms with van der Waals surface area (Å²) in [6.07, 6.45) is 2.39. The Morgan fingerprint density at radius 2 is 2.28 bits per heavy atom. The molecule has 1 aliphatic rings. The van der Waals surface area contributed by atoms with Gasteiger partial charge in [-0.25, -0.2) is 0 Å². The van der Waals surface area contributed by atoms with E-state index in [4.69, 9.17) is 4.74 Å². The highest BCUT2D eigenvalue weighted by Crippen LogP contribution is 2.43. The van der Waals surface area contributed by atoms with Gasteiger partial charge in [0.1, 0.15) is 0 Å². The number of hydrogen-bond donors (Lipinski definition) is 1. The maximum absolute atomic E-state index is 5.53. The third-order valence-electron chi connectivity index (χ3n) is 4.47. The zero-order valence-corrected chi connectivity index (χ0v) is 11.8. The van der Waals surface area contributed by atoms with Gasteiger partial charge < -0.3 is 10.1 Å². The first kappa shape index (κ1) is 13.6. The van der Waals surface area contributed by atoms with E-state index in [0.717, 1.165) is 19.7 Å². The SMILES string of the molecule is CCC1(COC)CCNCC1c1cccc(C)c1. The van der Waals surface area contributed by atoms with Crippen LogP contribution in [0, 0.1) is 12.3 Å². The molecule has 0 saturated carbocycles. The van der Waals surface area contributed by atoms with E-state index < -0.39 is 0 Å². The second kappa shape index (κ2) is 5.85. The molecule has 1 fully saturated rings. The molecule has 1 aromatic rings. The number of aryl methyl sites for hydroxylation is 1. The highest BCUT2D eigenvalue weighted by molar-refractivity contribution is 5.28. The van der Waals surface area contributed by atoms with Crippen LogP contribution >= 0.6 is 0 Å². The Hall–Kier alpha value is -0.860. The molecule has 0 spiro atoms. The molecular formula is C16H25NO. The fourth-order valence-electron chi connectivity index (χ4n) is 3.32. The van der Waals surface area contributed by atoms with Crippen molar-refractivity contribution in [3.8, 4) is 0 Å². The number of rotatable bonds is 4. The minimum atomic E-state index is 0.299. The zero-order chi connectivity index (χ0) is 13.0. The Labute approximate surface area is 111 Å². The molecule has 2 atom stereocenters. The molecule has 1 aromatic carbocycles. The van der Waals surface area contributed by atoms with Crippen LogP contribution in [0.3, 0.4) is 0 Å². The van der Waals surface area contributed by atoms with Gasteiger partial charge >= 0.3 is 0 Å². The van der Waals surface area contributed by atoms with Crippen molar-refractivity contribution >= 4 is 0 Å². The maximum atomic E-state index is 5.53. The van der Waals surface area contributed by atoms with E-state index in [1.165, 1.54) is 24.0 Å². The summed E-state index contributed by atoms with van der Waals surface area (Å²) in [7, 11) is 1.83. The van der Waals surface area contributed by atoms with E-state index in [1.807, 2.05) is 7.11 Å². The number of methoxy groups -OCH3 is 1. The van der Waals surface area contributed by atoms with Gasteiger partial charge in [-0.3, -0.25) is 0 Å². The second-order valence-electron chi connectivity index (χ2n) is 5.57. The van der Waals surface area contributed by atoms with Crippen molar-refractivity contribution in [1.82, 2.24) is 5.32 Å². The Kier molecular flexibility index (Phi) is 4.41. The van der Waals surface area contributed by atoms with Crippen molar-refractivity contribution in [2.45, 2.75) is 32.6 Å². The van der Waals surface area contributed by atoms with Crippen LogP contribution < -0.4 is 5.32 Å². The van der Waals surface area contributed by atoms with Gasteiger partial charge in [-0.2, -0.15) is 0 Å². The molecule has 2 rings (SSSR count). The minimum Gasteiger partial charge on any atom is -0.384 e. The third kappa shape index (κ3) is 2.60. The zero-order valence-electron chi connectivity index (χ0n) is 11.8. The van der Waals surface area contributed by atoms with Crippen LogP contribution in [0.1, 0.15) is 36.8 Å². The number of ether oxygens (including phenoxy) is 1. The lowest BCUT2D eigenvalue weighted by atomic mass is 9.66. The topological polar surface area (TPSA) is 21.3 Å². The second-order valence-corrected chi connectivity index (χ2v) is 5.57. The van der Waals surface area contributed by atoms with E-state index >= 15 is 0 Å². The highest BCUT2D eigenvalue weighted by atomic mass is 16.5. The van der Waals surface area contributed by atoms with Crippen LogP contribution in [0.15, 0.2) is 24.3 Å². The Balaban J connectivity index is 2.32. The first-order valence-electron chi connectivity index (χ1n) is 6.98. The van der Waals surface area contributed by atoms with Gasteiger partial charge in [0, 0.05) is 25.0 Å². The normalized spacial score (nSPS) is 28.3. The van der Waals surface area contributed by atoms with Crippen LogP contribution in [0.2, 0.25) is 0 Å². The Morgan fingerprint density at radius 1 is 1.44 bits per heavy atom. The van der Waals surface area contributed by atoms with Crippen molar-refractivity contribution in [3.05, 3.63) is 35.4 Å². The van der Waals surface area contributed by atoms with Gasteiger partial charge in [0.15, 0.2) is 0 Å². The Bertz CT molecular complexity index is 386. The average molecular weight is 247 g/mol. The quantitative estimate of drug-likeness (QED) is 0.882. The average Bonchev–Trinajstić information content (AvgIpc) is 2.39. The van der Waals surface area contributed by atoms with E-state index in [1.54, 1.807) is 0 Å². The van der Waals surface area contributed by atoms with Crippen molar-refractivity contribution in [1.29, 1.82) is 0 Å². The largest absolute Gasteiger partial charge is 0.384 e. The lowest BCUT2D eigenvalue weighted by Gasteiger charge is -2.44. The molecule has 2 unspecified atom stereocenters. The molecule has 0 aliphatic carbocycles.